The van der Waals surface area contributed by atoms with Crippen LogP contribution in [-0.4, -0.2) is 33.1 Å². The van der Waals surface area contributed by atoms with Gasteiger partial charge >= 0.3 is 5.97 Å². The van der Waals surface area contributed by atoms with Crippen LogP contribution in [0.3, 0.4) is 0 Å². The smallest absolute Gasteiger partial charge is 0.313 e. The third kappa shape index (κ3) is 3.34. The molecule has 0 N–H and O–H groups in total. The van der Waals surface area contributed by atoms with E-state index < -0.39 is 5.97 Å². The number of rotatable bonds is 5. The van der Waals surface area contributed by atoms with Gasteiger partial charge in [-0.15, -0.1) is 0 Å². The van der Waals surface area contributed by atoms with Gasteiger partial charge < -0.3 is 14.2 Å². The summed E-state index contributed by atoms with van der Waals surface area (Å²) < 4.78 is 15.5. The average molecular weight is 364 g/mol. The molecule has 0 unspecified atom stereocenters. The minimum atomic E-state index is -0.576. The maximum absolute atomic E-state index is 11.9. The molecule has 0 radical (unpaired) electrons. The highest BCUT2D eigenvalue weighted by Gasteiger charge is 2.18. The fourth-order valence-corrected chi connectivity index (χ4v) is 2.06. The molecule has 1 aromatic carbocycles. The van der Waals surface area contributed by atoms with Crippen molar-refractivity contribution in [2.24, 2.45) is 0 Å². The second kappa shape index (κ2) is 6.58. The minimum Gasteiger partial charge on any atom is -0.496 e. The van der Waals surface area contributed by atoms with E-state index in [-0.39, 0.29) is 12.2 Å². The Morgan fingerprint density at radius 2 is 1.72 bits per heavy atom. The van der Waals surface area contributed by atoms with Gasteiger partial charge in [-0.2, -0.15) is 0 Å². The molecule has 0 aliphatic rings. The van der Waals surface area contributed by atoms with Gasteiger partial charge in [0.1, 0.15) is 17.9 Å². The topological polar surface area (TPSA) is 61.8 Å². The number of Topliss-reactive ketones (excluding diaryl/α,β-unsaturated/α-hetero) is 1. The van der Waals surface area contributed by atoms with Crippen LogP contribution < -0.4 is 9.47 Å². The molecule has 0 aliphatic heterocycles. The van der Waals surface area contributed by atoms with E-state index in [1.54, 1.807) is 12.1 Å². The van der Waals surface area contributed by atoms with Crippen molar-refractivity contribution in [3.63, 3.8) is 0 Å². The van der Waals surface area contributed by atoms with Crippen LogP contribution in [0.25, 0.3) is 0 Å². The van der Waals surface area contributed by atoms with Crippen LogP contribution in [-0.2, 0) is 9.53 Å². The normalized spacial score (nSPS) is 9.78. The second-order valence-electron chi connectivity index (χ2n) is 3.36. The maximum atomic E-state index is 11.9. The fourth-order valence-electron chi connectivity index (χ4n) is 1.38. The minimum absolute atomic E-state index is 0.310. The Morgan fingerprint density at radius 1 is 1.11 bits per heavy atom. The Kier molecular flexibility index (Phi) is 5.39. The predicted octanol–water partition coefficient (Wildman–Crippen LogP) is 2.05. The SMILES string of the molecule is COC(=O)CC(=O)c1cc(I)c(OC)cc1OC. The van der Waals surface area contributed by atoms with Crippen molar-refractivity contribution in [2.45, 2.75) is 6.42 Å². The summed E-state index contributed by atoms with van der Waals surface area (Å²) in [5.41, 5.74) is 0.341. The highest BCUT2D eigenvalue weighted by molar-refractivity contribution is 14.1. The van der Waals surface area contributed by atoms with Crippen molar-refractivity contribution in [1.29, 1.82) is 0 Å². The molecule has 0 bridgehead atoms. The van der Waals surface area contributed by atoms with Gasteiger partial charge in [-0.3, -0.25) is 9.59 Å². The number of methoxy groups -OCH3 is 3. The lowest BCUT2D eigenvalue weighted by Gasteiger charge is -2.11. The molecule has 98 valence electrons. The van der Waals surface area contributed by atoms with E-state index in [1.165, 1.54) is 21.3 Å². The molecule has 0 amide bonds. The number of ether oxygens (including phenoxy) is 3. The first-order valence-corrected chi connectivity index (χ1v) is 6.12. The monoisotopic (exact) mass is 364 g/mol. The quantitative estimate of drug-likeness (QED) is 0.346. The summed E-state index contributed by atoms with van der Waals surface area (Å²) in [4.78, 5) is 23.0. The number of ketones is 1. The summed E-state index contributed by atoms with van der Waals surface area (Å²) in [5, 5.41) is 0. The molecular weight excluding hydrogens is 351 g/mol. The van der Waals surface area contributed by atoms with Crippen LogP contribution in [0.15, 0.2) is 12.1 Å². The molecule has 0 spiro atoms. The standard InChI is InChI=1S/C12H13IO5/c1-16-10-6-11(17-2)8(13)4-7(10)9(14)5-12(15)18-3/h4,6H,5H2,1-3H3. The zero-order valence-corrected chi connectivity index (χ0v) is 12.4. The van der Waals surface area contributed by atoms with Gasteiger partial charge in [0, 0.05) is 6.07 Å². The van der Waals surface area contributed by atoms with E-state index in [4.69, 9.17) is 9.47 Å². The molecule has 0 saturated heterocycles. The van der Waals surface area contributed by atoms with Crippen LogP contribution in [0.4, 0.5) is 0 Å². The molecule has 0 heterocycles. The zero-order valence-electron chi connectivity index (χ0n) is 10.3. The van der Waals surface area contributed by atoms with Gasteiger partial charge in [0.05, 0.1) is 30.5 Å². The van der Waals surface area contributed by atoms with Crippen molar-refractivity contribution < 1.29 is 23.8 Å². The average Bonchev–Trinajstić information content (AvgIpc) is 2.38. The number of hydrogen-bond acceptors (Lipinski definition) is 5. The lowest BCUT2D eigenvalue weighted by atomic mass is 10.1. The molecule has 0 saturated carbocycles. The summed E-state index contributed by atoms with van der Waals surface area (Å²) in [7, 11) is 4.23. The van der Waals surface area contributed by atoms with Crippen molar-refractivity contribution in [1.82, 2.24) is 0 Å². The largest absolute Gasteiger partial charge is 0.496 e. The maximum Gasteiger partial charge on any atom is 0.313 e. The number of carbonyl (C=O) groups excluding carboxylic acids is 2. The molecule has 0 atom stereocenters. The van der Waals surface area contributed by atoms with Crippen molar-refractivity contribution in [3.8, 4) is 11.5 Å². The summed E-state index contributed by atoms with van der Waals surface area (Å²) >= 11 is 2.05. The first-order chi connectivity index (χ1) is 8.53. The van der Waals surface area contributed by atoms with Gasteiger partial charge in [0.15, 0.2) is 5.78 Å². The molecule has 18 heavy (non-hydrogen) atoms. The zero-order chi connectivity index (χ0) is 13.7. The fraction of sp³-hybridized carbons (Fsp3) is 0.333. The summed E-state index contributed by atoms with van der Waals surface area (Å²) in [5.74, 6) is 0.0652. The van der Waals surface area contributed by atoms with E-state index in [9.17, 15) is 9.59 Å². The van der Waals surface area contributed by atoms with E-state index in [2.05, 4.69) is 4.74 Å². The Bertz CT molecular complexity index is 470. The molecule has 6 heteroatoms. The van der Waals surface area contributed by atoms with Gasteiger partial charge in [-0.1, -0.05) is 0 Å². The highest BCUT2D eigenvalue weighted by atomic mass is 127. The van der Waals surface area contributed by atoms with Crippen LogP contribution in [0.1, 0.15) is 16.8 Å². The Morgan fingerprint density at radius 3 is 2.22 bits per heavy atom. The Balaban J connectivity index is 3.11. The first-order valence-electron chi connectivity index (χ1n) is 5.05. The van der Waals surface area contributed by atoms with Gasteiger partial charge in [-0.05, 0) is 28.7 Å². The second-order valence-corrected chi connectivity index (χ2v) is 4.53. The molecule has 0 aromatic heterocycles. The van der Waals surface area contributed by atoms with E-state index in [0.717, 1.165) is 3.57 Å². The molecule has 1 aromatic rings. The van der Waals surface area contributed by atoms with E-state index >= 15 is 0 Å². The molecule has 1 rings (SSSR count). The summed E-state index contributed by atoms with van der Waals surface area (Å²) in [6, 6.07) is 3.25. The van der Waals surface area contributed by atoms with E-state index in [1.807, 2.05) is 22.6 Å². The number of hydrogen-bond donors (Lipinski definition) is 0. The van der Waals surface area contributed by atoms with Crippen LogP contribution in [0.5, 0.6) is 11.5 Å². The number of esters is 1. The van der Waals surface area contributed by atoms with Crippen LogP contribution in [0.2, 0.25) is 0 Å². The molecule has 0 fully saturated rings. The lowest BCUT2D eigenvalue weighted by Crippen LogP contribution is -2.11. The summed E-state index contributed by atoms with van der Waals surface area (Å²) in [6.45, 7) is 0. The third-order valence-electron chi connectivity index (χ3n) is 2.31. The predicted molar refractivity (Wildman–Crippen MR) is 73.2 cm³/mol. The van der Waals surface area contributed by atoms with Crippen molar-refractivity contribution >= 4 is 34.3 Å². The van der Waals surface area contributed by atoms with Crippen molar-refractivity contribution in [3.05, 3.63) is 21.3 Å². The molecule has 0 aliphatic carbocycles. The third-order valence-corrected chi connectivity index (χ3v) is 3.15. The first kappa shape index (κ1) is 14.7. The Hall–Kier alpha value is -1.31. The van der Waals surface area contributed by atoms with E-state index in [0.29, 0.717) is 17.1 Å². The van der Waals surface area contributed by atoms with Crippen LogP contribution in [0, 0.1) is 3.57 Å². The van der Waals surface area contributed by atoms with Gasteiger partial charge in [0.25, 0.3) is 0 Å². The molecule has 5 nitrogen and oxygen atoms in total. The lowest BCUT2D eigenvalue weighted by molar-refractivity contribution is -0.139. The number of carbonyl (C=O) groups is 2. The van der Waals surface area contributed by atoms with Gasteiger partial charge in [0.2, 0.25) is 0 Å². The number of benzene rings is 1. The molecular formula is C12H13IO5. The highest BCUT2D eigenvalue weighted by Crippen LogP contribution is 2.30. The van der Waals surface area contributed by atoms with Crippen LogP contribution >= 0.6 is 22.6 Å². The van der Waals surface area contributed by atoms with Crippen molar-refractivity contribution in [2.75, 3.05) is 21.3 Å². The summed E-state index contributed by atoms with van der Waals surface area (Å²) in [6.07, 6.45) is -0.310. The Labute approximate surface area is 119 Å². The number of halogens is 1. The van der Waals surface area contributed by atoms with Gasteiger partial charge in [-0.25, -0.2) is 0 Å².